The average molecular weight is 376 g/mol. The molecule has 0 fully saturated rings. The molecular formula is C7H3F11O3S. The summed E-state index contributed by atoms with van der Waals surface area (Å²) in [6, 6.07) is 0. The zero-order chi connectivity index (χ0) is 18.4. The van der Waals surface area contributed by atoms with Gasteiger partial charge in [0.15, 0.2) is 0 Å². The Morgan fingerprint density at radius 3 is 1.36 bits per heavy atom. The minimum atomic E-state index is -7.74. The van der Waals surface area contributed by atoms with Gasteiger partial charge in [-0.1, -0.05) is 6.58 Å². The second-order valence-electron chi connectivity index (χ2n) is 3.48. The van der Waals surface area contributed by atoms with Crippen molar-refractivity contribution < 1.29 is 60.9 Å². The summed E-state index contributed by atoms with van der Waals surface area (Å²) in [7, 11) is -5.83. The summed E-state index contributed by atoms with van der Waals surface area (Å²) in [5.74, 6) is -22.9. The van der Waals surface area contributed by atoms with E-state index in [1.54, 1.807) is 0 Å². The highest BCUT2D eigenvalue weighted by Gasteiger charge is 2.88. The summed E-state index contributed by atoms with van der Waals surface area (Å²) < 4.78 is 159. The lowest BCUT2D eigenvalue weighted by Crippen LogP contribution is -2.67. The maximum atomic E-state index is 12.8. The third kappa shape index (κ3) is 3.13. The Morgan fingerprint density at radius 2 is 1.09 bits per heavy atom. The van der Waals surface area contributed by atoms with Crippen molar-refractivity contribution in [2.24, 2.45) is 0 Å². The van der Waals surface area contributed by atoms with Crippen molar-refractivity contribution in [2.75, 3.05) is 0 Å². The molecule has 0 aromatic carbocycles. The van der Waals surface area contributed by atoms with Gasteiger partial charge in [0, 0.05) is 0 Å². The third-order valence-electron chi connectivity index (χ3n) is 1.94. The second kappa shape index (κ2) is 5.21. The van der Waals surface area contributed by atoms with Crippen molar-refractivity contribution >= 4 is 10.1 Å². The monoisotopic (exact) mass is 376 g/mol. The summed E-state index contributed by atoms with van der Waals surface area (Å²) in [5.41, 5.74) is 0. The van der Waals surface area contributed by atoms with Gasteiger partial charge in [-0.25, -0.2) is 0 Å². The lowest BCUT2D eigenvalue weighted by molar-refractivity contribution is -0.444. The van der Waals surface area contributed by atoms with E-state index in [9.17, 15) is 56.7 Å². The molecule has 0 spiro atoms. The highest BCUT2D eigenvalue weighted by molar-refractivity contribution is 7.89. The molecule has 0 radical (unpaired) electrons. The Morgan fingerprint density at radius 1 is 0.727 bits per heavy atom. The molecule has 0 heterocycles. The number of hydrogen-bond acceptors (Lipinski definition) is 3. The van der Waals surface area contributed by atoms with Crippen molar-refractivity contribution in [1.29, 1.82) is 0 Å². The topological polar surface area (TPSA) is 43.4 Å². The van der Waals surface area contributed by atoms with Crippen LogP contribution >= 0.6 is 0 Å². The minimum absolute atomic E-state index is 0.600. The third-order valence-corrected chi connectivity index (χ3v) is 2.79. The molecule has 0 saturated carbocycles. The van der Waals surface area contributed by atoms with Crippen LogP contribution in [0.5, 0.6) is 0 Å². The van der Waals surface area contributed by atoms with Crippen LogP contribution in [0.3, 0.4) is 0 Å². The smallest absolute Gasteiger partial charge is 0.194 e. The van der Waals surface area contributed by atoms with E-state index in [1.807, 2.05) is 0 Å². The van der Waals surface area contributed by atoms with Crippen molar-refractivity contribution in [3.05, 3.63) is 12.0 Å². The van der Waals surface area contributed by atoms with E-state index >= 15 is 0 Å². The van der Waals surface area contributed by atoms with Crippen molar-refractivity contribution in [1.82, 2.24) is 0 Å². The SMILES string of the molecule is C=CS(=O)(=O)OC(F)(F)C(F)(F)C(F)(F)C(F)(F)C(F)(F)F. The first kappa shape index (κ1) is 20.9. The zero-order valence-electron chi connectivity index (χ0n) is 9.58. The van der Waals surface area contributed by atoms with Crippen LogP contribution in [0.1, 0.15) is 0 Å². The predicted molar refractivity (Wildman–Crippen MR) is 46.0 cm³/mol. The van der Waals surface area contributed by atoms with Gasteiger partial charge in [0.1, 0.15) is 0 Å². The van der Waals surface area contributed by atoms with Gasteiger partial charge in [0.2, 0.25) is 0 Å². The molecular weight excluding hydrogens is 373 g/mol. The normalized spacial score (nSPS) is 15.8. The number of alkyl halides is 11. The molecule has 0 bridgehead atoms. The summed E-state index contributed by atoms with van der Waals surface area (Å²) in [4.78, 5) is 0. The Hall–Kier alpha value is -1.12. The molecule has 0 aliphatic rings. The Labute approximate surface area is 114 Å². The second-order valence-corrected chi connectivity index (χ2v) is 4.97. The molecule has 0 saturated heterocycles. The molecule has 15 heteroatoms. The van der Waals surface area contributed by atoms with Crippen LogP contribution in [-0.2, 0) is 14.3 Å². The van der Waals surface area contributed by atoms with E-state index in [0.717, 1.165) is 0 Å². The van der Waals surface area contributed by atoms with Gasteiger partial charge in [0.25, 0.3) is 10.1 Å². The minimum Gasteiger partial charge on any atom is -0.194 e. The van der Waals surface area contributed by atoms with Crippen LogP contribution in [0, 0.1) is 0 Å². The van der Waals surface area contributed by atoms with Crippen molar-refractivity contribution in [3.8, 4) is 0 Å². The fourth-order valence-corrected chi connectivity index (χ4v) is 1.25. The summed E-state index contributed by atoms with van der Waals surface area (Å²) >= 11 is 0. The first-order chi connectivity index (χ1) is 9.27. The summed E-state index contributed by atoms with van der Waals surface area (Å²) in [6.45, 7) is 2.24. The molecule has 0 aromatic rings. The molecule has 0 N–H and O–H groups in total. The lowest BCUT2D eigenvalue weighted by atomic mass is 10.0. The maximum absolute atomic E-state index is 12.8. The fraction of sp³-hybridized carbons (Fsp3) is 0.714. The number of halogens is 11. The average Bonchev–Trinajstić information content (AvgIpc) is 2.25. The van der Waals surface area contributed by atoms with Gasteiger partial charge in [-0.15, -0.1) is 0 Å². The van der Waals surface area contributed by atoms with Crippen molar-refractivity contribution in [2.45, 2.75) is 30.1 Å². The highest BCUT2D eigenvalue weighted by Crippen LogP contribution is 2.57. The molecule has 0 aliphatic heterocycles. The molecule has 0 rings (SSSR count). The molecule has 22 heavy (non-hydrogen) atoms. The molecule has 0 aromatic heterocycles. The first-order valence-corrected chi connectivity index (χ1v) is 5.90. The quantitative estimate of drug-likeness (QED) is 0.526. The molecule has 0 atom stereocenters. The number of rotatable bonds is 6. The Kier molecular flexibility index (Phi) is 4.94. The highest BCUT2D eigenvalue weighted by atomic mass is 32.2. The predicted octanol–water partition coefficient (Wildman–Crippen LogP) is 3.54. The van der Waals surface area contributed by atoms with E-state index in [4.69, 9.17) is 0 Å². The molecule has 0 amide bonds. The van der Waals surface area contributed by atoms with Gasteiger partial charge in [-0.3, -0.25) is 0 Å². The van der Waals surface area contributed by atoms with Gasteiger partial charge in [-0.2, -0.15) is 60.9 Å². The van der Waals surface area contributed by atoms with E-state index in [0.29, 0.717) is 0 Å². The standard InChI is InChI=1S/C7H3F11O3S/c1-2-22(19,20)21-7(17,18)5(12,13)3(8,9)4(10,11)6(14,15)16/h2H,1H2. The first-order valence-electron chi connectivity index (χ1n) is 4.43. The van der Waals surface area contributed by atoms with Gasteiger partial charge < -0.3 is 0 Å². The largest absolute Gasteiger partial charge is 0.460 e. The molecule has 3 nitrogen and oxygen atoms in total. The van der Waals surface area contributed by atoms with E-state index < -0.39 is 45.6 Å². The lowest BCUT2D eigenvalue weighted by Gasteiger charge is -2.36. The molecule has 0 aliphatic carbocycles. The molecule has 132 valence electrons. The van der Waals surface area contributed by atoms with Gasteiger partial charge in [0.05, 0.1) is 5.41 Å². The maximum Gasteiger partial charge on any atom is 0.460 e. The van der Waals surface area contributed by atoms with Gasteiger partial charge >= 0.3 is 30.1 Å². The van der Waals surface area contributed by atoms with Crippen LogP contribution in [0.4, 0.5) is 48.3 Å². The van der Waals surface area contributed by atoms with E-state index in [-0.39, 0.29) is 0 Å². The Bertz CT molecular complexity index is 532. The van der Waals surface area contributed by atoms with Crippen LogP contribution in [-0.4, -0.2) is 38.5 Å². The van der Waals surface area contributed by atoms with Crippen LogP contribution < -0.4 is 0 Å². The van der Waals surface area contributed by atoms with Crippen LogP contribution in [0.2, 0.25) is 0 Å². The van der Waals surface area contributed by atoms with E-state index in [1.165, 1.54) is 0 Å². The summed E-state index contributed by atoms with van der Waals surface area (Å²) in [6.07, 6.45) is -14.3. The molecule has 0 unspecified atom stereocenters. The van der Waals surface area contributed by atoms with Crippen LogP contribution in [0.15, 0.2) is 12.0 Å². The van der Waals surface area contributed by atoms with Gasteiger partial charge in [-0.05, 0) is 0 Å². The number of hydrogen-bond donors (Lipinski definition) is 0. The van der Waals surface area contributed by atoms with Crippen LogP contribution in [0.25, 0.3) is 0 Å². The fourth-order valence-electron chi connectivity index (χ4n) is 0.790. The van der Waals surface area contributed by atoms with Crippen molar-refractivity contribution in [3.63, 3.8) is 0 Å². The zero-order valence-corrected chi connectivity index (χ0v) is 10.4. The summed E-state index contributed by atoms with van der Waals surface area (Å²) in [5, 5.41) is -0.600. The van der Waals surface area contributed by atoms with E-state index in [2.05, 4.69) is 10.8 Å². The Balaban J connectivity index is 6.05.